The zero-order valence-corrected chi connectivity index (χ0v) is 10.7. The lowest BCUT2D eigenvalue weighted by Crippen LogP contribution is -2.61. The number of nitrogens with one attached hydrogen (secondary N) is 1. The summed E-state index contributed by atoms with van der Waals surface area (Å²) < 4.78 is 0. The van der Waals surface area contributed by atoms with Crippen molar-refractivity contribution in [2.45, 2.75) is 31.3 Å². The van der Waals surface area contributed by atoms with Crippen LogP contribution in [0.25, 0.3) is 0 Å². The predicted octanol–water partition coefficient (Wildman–Crippen LogP) is -0.650. The van der Waals surface area contributed by atoms with E-state index in [0.29, 0.717) is 32.1 Å². The highest BCUT2D eigenvalue weighted by Gasteiger charge is 2.47. The standard InChI is InChI=1S/C12H20N4O2/c1-12(13,8-2-3-8)10(17)15-4-5-16-9(7-15)6-14-11(16)18/h8-9H,2-7,13H2,1H3,(H,14,18). The summed E-state index contributed by atoms with van der Waals surface area (Å²) in [6.07, 6.45) is 2.12. The molecule has 2 aliphatic heterocycles. The van der Waals surface area contributed by atoms with E-state index >= 15 is 0 Å². The number of piperazine rings is 1. The van der Waals surface area contributed by atoms with Gasteiger partial charge in [0.1, 0.15) is 0 Å². The average Bonchev–Trinajstić information content (AvgIpc) is 3.14. The molecule has 1 saturated carbocycles. The van der Waals surface area contributed by atoms with Gasteiger partial charge < -0.3 is 20.9 Å². The summed E-state index contributed by atoms with van der Waals surface area (Å²) in [4.78, 5) is 27.6. The van der Waals surface area contributed by atoms with Crippen LogP contribution in [0.2, 0.25) is 0 Å². The molecule has 0 spiro atoms. The maximum atomic E-state index is 12.4. The number of rotatable bonds is 2. The van der Waals surface area contributed by atoms with Gasteiger partial charge in [-0.05, 0) is 25.7 Å². The molecule has 1 aliphatic carbocycles. The second-order valence-electron chi connectivity index (χ2n) is 5.84. The van der Waals surface area contributed by atoms with Gasteiger partial charge in [0.15, 0.2) is 0 Å². The van der Waals surface area contributed by atoms with Gasteiger partial charge in [-0.1, -0.05) is 0 Å². The Bertz CT molecular complexity index is 392. The van der Waals surface area contributed by atoms with E-state index in [4.69, 9.17) is 5.73 Å². The van der Waals surface area contributed by atoms with Crippen LogP contribution in [-0.4, -0.2) is 59.5 Å². The molecule has 0 bridgehead atoms. The van der Waals surface area contributed by atoms with Gasteiger partial charge >= 0.3 is 6.03 Å². The van der Waals surface area contributed by atoms with Crippen LogP contribution in [0.1, 0.15) is 19.8 Å². The minimum Gasteiger partial charge on any atom is -0.337 e. The first-order chi connectivity index (χ1) is 8.50. The number of hydrogen-bond acceptors (Lipinski definition) is 3. The Morgan fingerprint density at radius 3 is 2.83 bits per heavy atom. The lowest BCUT2D eigenvalue weighted by Gasteiger charge is -2.40. The average molecular weight is 252 g/mol. The first kappa shape index (κ1) is 11.8. The third-order valence-corrected chi connectivity index (χ3v) is 4.41. The summed E-state index contributed by atoms with van der Waals surface area (Å²) in [7, 11) is 0. The Kier molecular flexibility index (Phi) is 2.52. The Labute approximate surface area is 106 Å². The third-order valence-electron chi connectivity index (χ3n) is 4.41. The van der Waals surface area contributed by atoms with Crippen LogP contribution in [0, 0.1) is 5.92 Å². The molecule has 0 aromatic heterocycles. The minimum atomic E-state index is -0.724. The number of fused-ring (bicyclic) bond motifs is 1. The lowest BCUT2D eigenvalue weighted by atomic mass is 9.94. The fourth-order valence-electron chi connectivity index (χ4n) is 2.99. The van der Waals surface area contributed by atoms with Gasteiger partial charge in [0.05, 0.1) is 11.6 Å². The molecule has 3 fully saturated rings. The van der Waals surface area contributed by atoms with Crippen molar-refractivity contribution in [2.75, 3.05) is 26.2 Å². The lowest BCUT2D eigenvalue weighted by molar-refractivity contribution is -0.139. The Morgan fingerprint density at radius 2 is 2.17 bits per heavy atom. The molecule has 0 aromatic carbocycles. The second-order valence-corrected chi connectivity index (χ2v) is 5.84. The van der Waals surface area contributed by atoms with Crippen LogP contribution in [-0.2, 0) is 4.79 Å². The third kappa shape index (κ3) is 1.75. The van der Waals surface area contributed by atoms with Crippen LogP contribution >= 0.6 is 0 Å². The Hall–Kier alpha value is -1.30. The van der Waals surface area contributed by atoms with E-state index < -0.39 is 5.54 Å². The summed E-state index contributed by atoms with van der Waals surface area (Å²) in [6, 6.07) is 0.106. The Balaban J connectivity index is 1.67. The number of hydrogen-bond donors (Lipinski definition) is 2. The molecular weight excluding hydrogens is 232 g/mol. The molecule has 3 rings (SSSR count). The number of amides is 3. The van der Waals surface area contributed by atoms with Crippen molar-refractivity contribution in [3.8, 4) is 0 Å². The van der Waals surface area contributed by atoms with Crippen molar-refractivity contribution in [3.05, 3.63) is 0 Å². The van der Waals surface area contributed by atoms with Crippen LogP contribution in [0.5, 0.6) is 0 Å². The molecule has 18 heavy (non-hydrogen) atoms. The van der Waals surface area contributed by atoms with Gasteiger partial charge in [0.25, 0.3) is 0 Å². The molecule has 2 unspecified atom stereocenters. The van der Waals surface area contributed by atoms with E-state index in [0.717, 1.165) is 12.8 Å². The molecule has 2 saturated heterocycles. The minimum absolute atomic E-state index is 0.00944. The largest absolute Gasteiger partial charge is 0.337 e. The summed E-state index contributed by atoms with van der Waals surface area (Å²) in [5.41, 5.74) is 5.45. The molecule has 2 atom stereocenters. The molecular formula is C12H20N4O2. The number of nitrogens with zero attached hydrogens (tertiary/aromatic N) is 2. The van der Waals surface area contributed by atoms with Crippen molar-refractivity contribution < 1.29 is 9.59 Å². The fraction of sp³-hybridized carbons (Fsp3) is 0.833. The number of carbonyl (C=O) groups is 2. The van der Waals surface area contributed by atoms with E-state index in [2.05, 4.69) is 5.32 Å². The zero-order valence-electron chi connectivity index (χ0n) is 10.7. The summed E-state index contributed by atoms with van der Waals surface area (Å²) >= 11 is 0. The molecule has 0 aromatic rings. The number of urea groups is 1. The quantitative estimate of drug-likeness (QED) is 0.685. The maximum absolute atomic E-state index is 12.4. The van der Waals surface area contributed by atoms with Gasteiger partial charge in [-0.25, -0.2) is 4.79 Å². The zero-order chi connectivity index (χ0) is 12.9. The van der Waals surface area contributed by atoms with E-state index in [9.17, 15) is 9.59 Å². The molecule has 3 aliphatic rings. The molecule has 6 heteroatoms. The molecule has 3 amide bonds. The monoisotopic (exact) mass is 252 g/mol. The van der Waals surface area contributed by atoms with Gasteiger partial charge in [-0.3, -0.25) is 4.79 Å². The van der Waals surface area contributed by atoms with Gasteiger partial charge in [-0.15, -0.1) is 0 Å². The highest BCUT2D eigenvalue weighted by Crippen LogP contribution is 2.39. The molecule has 3 N–H and O–H groups in total. The van der Waals surface area contributed by atoms with Crippen LogP contribution in [0.15, 0.2) is 0 Å². The van der Waals surface area contributed by atoms with Crippen molar-refractivity contribution in [1.82, 2.24) is 15.1 Å². The topological polar surface area (TPSA) is 78.7 Å². The SMILES string of the molecule is CC(N)(C(=O)N1CCN2C(=O)NCC2C1)C1CC1. The van der Waals surface area contributed by atoms with Crippen LogP contribution < -0.4 is 11.1 Å². The summed E-state index contributed by atoms with van der Waals surface area (Å²) in [5, 5.41) is 2.81. The molecule has 100 valence electrons. The van der Waals surface area contributed by atoms with E-state index in [1.807, 2.05) is 16.7 Å². The van der Waals surface area contributed by atoms with E-state index in [-0.39, 0.29) is 18.0 Å². The fourth-order valence-corrected chi connectivity index (χ4v) is 2.99. The molecule has 2 heterocycles. The van der Waals surface area contributed by atoms with Gasteiger partial charge in [0, 0.05) is 26.2 Å². The van der Waals surface area contributed by atoms with Crippen molar-refractivity contribution >= 4 is 11.9 Å². The summed E-state index contributed by atoms with van der Waals surface area (Å²) in [6.45, 7) is 4.30. The van der Waals surface area contributed by atoms with Crippen LogP contribution in [0.3, 0.4) is 0 Å². The summed E-state index contributed by atoms with van der Waals surface area (Å²) in [5.74, 6) is 0.385. The first-order valence-electron chi connectivity index (χ1n) is 6.63. The van der Waals surface area contributed by atoms with Gasteiger partial charge in [0.2, 0.25) is 5.91 Å². The van der Waals surface area contributed by atoms with Gasteiger partial charge in [-0.2, -0.15) is 0 Å². The first-order valence-corrected chi connectivity index (χ1v) is 6.63. The van der Waals surface area contributed by atoms with Crippen molar-refractivity contribution in [3.63, 3.8) is 0 Å². The highest BCUT2D eigenvalue weighted by molar-refractivity contribution is 5.87. The molecule has 0 radical (unpaired) electrons. The van der Waals surface area contributed by atoms with Crippen molar-refractivity contribution in [2.24, 2.45) is 11.7 Å². The Morgan fingerprint density at radius 1 is 1.44 bits per heavy atom. The van der Waals surface area contributed by atoms with Crippen molar-refractivity contribution in [1.29, 1.82) is 0 Å². The molecule has 6 nitrogen and oxygen atoms in total. The van der Waals surface area contributed by atoms with Crippen LogP contribution in [0.4, 0.5) is 4.79 Å². The maximum Gasteiger partial charge on any atom is 0.317 e. The highest BCUT2D eigenvalue weighted by atomic mass is 16.2. The van der Waals surface area contributed by atoms with E-state index in [1.165, 1.54) is 0 Å². The normalized spacial score (nSPS) is 30.8. The smallest absolute Gasteiger partial charge is 0.317 e. The number of carbonyl (C=O) groups excluding carboxylic acids is 2. The predicted molar refractivity (Wildman–Crippen MR) is 65.8 cm³/mol. The van der Waals surface area contributed by atoms with E-state index in [1.54, 1.807) is 0 Å². The number of nitrogens with two attached hydrogens (primary N) is 1. The second kappa shape index (κ2) is 3.85.